The van der Waals surface area contributed by atoms with Crippen LogP contribution in [-0.4, -0.2) is 82.6 Å². The number of fused-ring (bicyclic) bond motifs is 1. The molecule has 2 fully saturated rings. The smallest absolute Gasteiger partial charge is 0.252 e. The first-order chi connectivity index (χ1) is 17.5. The Morgan fingerprint density at radius 2 is 1.92 bits per heavy atom. The van der Waals surface area contributed by atoms with Gasteiger partial charge in [-0.25, -0.2) is 4.98 Å². The van der Waals surface area contributed by atoms with Crippen LogP contribution in [0.3, 0.4) is 0 Å². The number of nitrogens with zero attached hydrogens (tertiary/aromatic N) is 6. The van der Waals surface area contributed by atoms with Crippen molar-refractivity contribution in [3.8, 4) is 17.7 Å². The number of ether oxygens (including phenoxy) is 2. The SMILES string of the molecule is Cc1cc(C#N)cc(C)c1Oc1nc(NC2CCN(CC(=O)N3CCOCC3)CC2)nc2scnc12. The first kappa shape index (κ1) is 24.4. The van der Waals surface area contributed by atoms with Crippen LogP contribution >= 0.6 is 11.3 Å². The van der Waals surface area contributed by atoms with E-state index in [2.05, 4.69) is 31.2 Å². The highest BCUT2D eigenvalue weighted by atomic mass is 32.1. The molecule has 3 aromatic rings. The summed E-state index contributed by atoms with van der Waals surface area (Å²) in [5.41, 5.74) is 4.67. The topological polar surface area (TPSA) is 116 Å². The van der Waals surface area contributed by atoms with E-state index in [1.165, 1.54) is 11.3 Å². The van der Waals surface area contributed by atoms with Crippen LogP contribution in [0, 0.1) is 25.2 Å². The van der Waals surface area contributed by atoms with Gasteiger partial charge in [-0.15, -0.1) is 11.3 Å². The highest BCUT2D eigenvalue weighted by Crippen LogP contribution is 2.34. The first-order valence-corrected chi connectivity index (χ1v) is 13.0. The highest BCUT2D eigenvalue weighted by Gasteiger charge is 2.25. The molecule has 4 heterocycles. The molecule has 36 heavy (non-hydrogen) atoms. The number of thiazole rings is 1. The van der Waals surface area contributed by atoms with Crippen LogP contribution < -0.4 is 10.1 Å². The predicted molar refractivity (Wildman–Crippen MR) is 136 cm³/mol. The van der Waals surface area contributed by atoms with Gasteiger partial charge in [-0.1, -0.05) is 0 Å². The molecule has 188 valence electrons. The molecule has 1 N–H and O–H groups in total. The van der Waals surface area contributed by atoms with Crippen LogP contribution in [0.5, 0.6) is 11.6 Å². The number of nitrogens with one attached hydrogen (secondary N) is 1. The van der Waals surface area contributed by atoms with E-state index in [1.54, 1.807) is 17.6 Å². The largest absolute Gasteiger partial charge is 0.436 e. The third kappa shape index (κ3) is 5.41. The Bertz CT molecular complexity index is 1270. The van der Waals surface area contributed by atoms with Crippen LogP contribution in [0.15, 0.2) is 17.6 Å². The fourth-order valence-electron chi connectivity index (χ4n) is 4.67. The van der Waals surface area contributed by atoms with Crippen molar-refractivity contribution >= 4 is 33.5 Å². The molecule has 5 rings (SSSR count). The molecular weight excluding hydrogens is 478 g/mol. The summed E-state index contributed by atoms with van der Waals surface area (Å²) in [6.45, 7) is 8.57. The number of carbonyl (C=O) groups is 1. The van der Waals surface area contributed by atoms with E-state index in [0.717, 1.165) is 41.9 Å². The second kappa shape index (κ2) is 10.7. The van der Waals surface area contributed by atoms with Crippen molar-refractivity contribution in [2.75, 3.05) is 51.3 Å². The zero-order chi connectivity index (χ0) is 25.1. The Kier molecular flexibility index (Phi) is 7.27. The van der Waals surface area contributed by atoms with Gasteiger partial charge in [0.05, 0.1) is 36.9 Å². The average molecular weight is 508 g/mol. The van der Waals surface area contributed by atoms with E-state index in [0.29, 0.717) is 61.5 Å². The quantitative estimate of drug-likeness (QED) is 0.537. The van der Waals surface area contributed by atoms with Gasteiger partial charge < -0.3 is 19.7 Å². The zero-order valence-electron chi connectivity index (χ0n) is 20.5. The van der Waals surface area contributed by atoms with Crippen LogP contribution in [0.25, 0.3) is 10.3 Å². The van der Waals surface area contributed by atoms with Gasteiger partial charge in [-0.05, 0) is 49.9 Å². The van der Waals surface area contributed by atoms with E-state index in [4.69, 9.17) is 9.47 Å². The number of piperidine rings is 1. The number of amides is 1. The number of benzene rings is 1. The average Bonchev–Trinajstić information content (AvgIpc) is 3.36. The molecule has 0 spiro atoms. The number of morpholine rings is 1. The third-order valence-corrected chi connectivity index (χ3v) is 7.32. The molecule has 11 heteroatoms. The van der Waals surface area contributed by atoms with Crippen molar-refractivity contribution in [3.05, 3.63) is 34.3 Å². The minimum atomic E-state index is 0.180. The summed E-state index contributed by atoms with van der Waals surface area (Å²) < 4.78 is 11.6. The number of aromatic nitrogens is 3. The summed E-state index contributed by atoms with van der Waals surface area (Å²) in [7, 11) is 0. The number of rotatable bonds is 6. The molecule has 2 aliphatic rings. The van der Waals surface area contributed by atoms with Crippen molar-refractivity contribution in [2.45, 2.75) is 32.7 Å². The predicted octanol–water partition coefficient (Wildman–Crippen LogP) is 3.10. The number of hydrogen-bond donors (Lipinski definition) is 1. The Morgan fingerprint density at radius 1 is 1.19 bits per heavy atom. The third-order valence-electron chi connectivity index (χ3n) is 6.60. The van der Waals surface area contributed by atoms with Crippen LogP contribution in [-0.2, 0) is 9.53 Å². The Labute approximate surface area is 213 Å². The molecule has 2 aliphatic heterocycles. The zero-order valence-corrected chi connectivity index (χ0v) is 21.3. The van der Waals surface area contributed by atoms with Gasteiger partial charge in [0, 0.05) is 32.2 Å². The number of hydrogen-bond acceptors (Lipinski definition) is 10. The van der Waals surface area contributed by atoms with Gasteiger partial charge in [0.25, 0.3) is 5.88 Å². The van der Waals surface area contributed by atoms with Crippen molar-refractivity contribution in [1.82, 2.24) is 24.8 Å². The van der Waals surface area contributed by atoms with Crippen LogP contribution in [0.4, 0.5) is 5.95 Å². The van der Waals surface area contributed by atoms with Crippen molar-refractivity contribution in [1.29, 1.82) is 5.26 Å². The Balaban J connectivity index is 1.25. The number of likely N-dealkylation sites (tertiary alicyclic amines) is 1. The second-order valence-corrected chi connectivity index (χ2v) is 10.0. The summed E-state index contributed by atoms with van der Waals surface area (Å²) in [5.74, 6) is 1.76. The lowest BCUT2D eigenvalue weighted by molar-refractivity contribution is -0.136. The molecule has 10 nitrogen and oxygen atoms in total. The number of anilines is 1. The van der Waals surface area contributed by atoms with Crippen molar-refractivity contribution in [3.63, 3.8) is 0 Å². The lowest BCUT2D eigenvalue weighted by atomic mass is 10.1. The summed E-state index contributed by atoms with van der Waals surface area (Å²) >= 11 is 1.44. The highest BCUT2D eigenvalue weighted by molar-refractivity contribution is 7.16. The summed E-state index contributed by atoms with van der Waals surface area (Å²) in [5, 5.41) is 12.7. The monoisotopic (exact) mass is 507 g/mol. The van der Waals surface area contributed by atoms with E-state index >= 15 is 0 Å². The van der Waals surface area contributed by atoms with Gasteiger partial charge in [-0.3, -0.25) is 9.69 Å². The summed E-state index contributed by atoms with van der Waals surface area (Å²) in [6, 6.07) is 5.99. The molecule has 0 bridgehead atoms. The van der Waals surface area contributed by atoms with Gasteiger partial charge in [-0.2, -0.15) is 15.2 Å². The second-order valence-electron chi connectivity index (χ2n) is 9.20. The van der Waals surface area contributed by atoms with Crippen molar-refractivity contribution < 1.29 is 14.3 Å². The molecule has 2 aromatic heterocycles. The lowest BCUT2D eigenvalue weighted by Crippen LogP contribution is -2.48. The van der Waals surface area contributed by atoms with Gasteiger partial charge in [0.1, 0.15) is 5.75 Å². The molecule has 1 aromatic carbocycles. The molecule has 2 saturated heterocycles. The molecule has 0 radical (unpaired) electrons. The van der Waals surface area contributed by atoms with Crippen LogP contribution in [0.2, 0.25) is 0 Å². The number of aryl methyl sites for hydroxylation is 2. The maximum Gasteiger partial charge on any atom is 0.252 e. The van der Waals surface area contributed by atoms with Crippen LogP contribution in [0.1, 0.15) is 29.5 Å². The standard InChI is InChI=1S/C25H29N7O3S/c1-16-11-18(13-26)12-17(2)22(16)35-23-21-24(36-15-27-21)30-25(29-23)28-19-3-5-31(6-4-19)14-20(33)32-7-9-34-10-8-32/h11-12,15,19H,3-10,14H2,1-2H3,(H,28,29,30). The van der Waals surface area contributed by atoms with E-state index < -0.39 is 0 Å². The first-order valence-electron chi connectivity index (χ1n) is 12.1. The van der Waals surface area contributed by atoms with Gasteiger partial charge in [0.15, 0.2) is 10.3 Å². The molecular formula is C25H29N7O3S. The normalized spacial score (nSPS) is 17.2. The number of nitriles is 1. The molecule has 0 aliphatic carbocycles. The minimum absolute atomic E-state index is 0.180. The maximum absolute atomic E-state index is 12.6. The Morgan fingerprint density at radius 3 is 2.61 bits per heavy atom. The fourth-order valence-corrected chi connectivity index (χ4v) is 5.32. The van der Waals surface area contributed by atoms with Gasteiger partial charge >= 0.3 is 0 Å². The molecule has 1 amide bonds. The molecule has 0 saturated carbocycles. The number of carbonyl (C=O) groups excluding carboxylic acids is 1. The minimum Gasteiger partial charge on any atom is -0.436 e. The summed E-state index contributed by atoms with van der Waals surface area (Å²) in [6.07, 6.45) is 1.79. The van der Waals surface area contributed by atoms with Gasteiger partial charge in [0.2, 0.25) is 11.9 Å². The maximum atomic E-state index is 12.6. The van der Waals surface area contributed by atoms with E-state index in [-0.39, 0.29) is 11.9 Å². The summed E-state index contributed by atoms with van der Waals surface area (Å²) in [4.78, 5) is 31.2. The molecule has 0 atom stereocenters. The Hall–Kier alpha value is -3.33. The fraction of sp³-hybridized carbons (Fsp3) is 0.480. The lowest BCUT2D eigenvalue weighted by Gasteiger charge is -2.34. The van der Waals surface area contributed by atoms with E-state index in [1.807, 2.05) is 18.7 Å². The van der Waals surface area contributed by atoms with E-state index in [9.17, 15) is 10.1 Å². The molecule has 0 unspecified atom stereocenters. The van der Waals surface area contributed by atoms with Crippen molar-refractivity contribution in [2.24, 2.45) is 0 Å².